The molecule has 0 bridgehead atoms. The Morgan fingerprint density at radius 2 is 1.86 bits per heavy atom. The van der Waals surface area contributed by atoms with Crippen molar-refractivity contribution >= 4 is 10.1 Å². The molecular formula is C14H18O6S. The third-order valence-electron chi connectivity index (χ3n) is 4.11. The Balaban J connectivity index is 1.80. The van der Waals surface area contributed by atoms with E-state index in [1.165, 1.54) is 12.1 Å². The van der Waals surface area contributed by atoms with Crippen molar-refractivity contribution in [3.8, 4) is 0 Å². The highest BCUT2D eigenvalue weighted by Gasteiger charge is 2.51. The van der Waals surface area contributed by atoms with E-state index >= 15 is 0 Å². The topological polar surface area (TPSA) is 93.1 Å². The van der Waals surface area contributed by atoms with Gasteiger partial charge in [0.05, 0.1) is 17.1 Å². The molecule has 1 aliphatic carbocycles. The van der Waals surface area contributed by atoms with Crippen LogP contribution in [-0.2, 0) is 19.0 Å². The van der Waals surface area contributed by atoms with Crippen LogP contribution in [0.3, 0.4) is 0 Å². The van der Waals surface area contributed by atoms with Gasteiger partial charge in [0.1, 0.15) is 6.10 Å². The van der Waals surface area contributed by atoms with Gasteiger partial charge < -0.3 is 14.9 Å². The lowest BCUT2D eigenvalue weighted by Crippen LogP contribution is -2.32. The second kappa shape index (κ2) is 5.33. The van der Waals surface area contributed by atoms with Gasteiger partial charge in [-0.3, -0.25) is 4.18 Å². The molecule has 2 N–H and O–H groups in total. The molecule has 7 heteroatoms. The summed E-state index contributed by atoms with van der Waals surface area (Å²) in [4.78, 5) is 0.0585. The molecule has 1 saturated heterocycles. The van der Waals surface area contributed by atoms with Crippen molar-refractivity contribution in [2.45, 2.75) is 49.3 Å². The zero-order chi connectivity index (χ0) is 15.2. The minimum absolute atomic E-state index is 0.0585. The minimum Gasteiger partial charge on any atom is -0.390 e. The number of benzene rings is 1. The fourth-order valence-electron chi connectivity index (χ4n) is 3.02. The van der Waals surface area contributed by atoms with Crippen LogP contribution < -0.4 is 0 Å². The van der Waals surface area contributed by atoms with E-state index in [1.54, 1.807) is 12.1 Å². The van der Waals surface area contributed by atoms with E-state index in [-0.39, 0.29) is 29.8 Å². The Morgan fingerprint density at radius 1 is 1.19 bits per heavy atom. The fraction of sp³-hybridized carbons (Fsp3) is 0.571. The van der Waals surface area contributed by atoms with Gasteiger partial charge in [0, 0.05) is 18.8 Å². The normalized spacial score (nSPS) is 35.9. The predicted octanol–water partition coefficient (Wildman–Crippen LogP) is 0.557. The highest BCUT2D eigenvalue weighted by Crippen LogP contribution is 2.41. The summed E-state index contributed by atoms with van der Waals surface area (Å²) in [5.74, 6) is -0.310. The summed E-state index contributed by atoms with van der Waals surface area (Å²) >= 11 is 0. The van der Waals surface area contributed by atoms with Gasteiger partial charge in [-0.1, -0.05) is 17.7 Å². The van der Waals surface area contributed by atoms with Crippen molar-refractivity contribution < 1.29 is 27.6 Å². The van der Waals surface area contributed by atoms with Crippen molar-refractivity contribution in [2.75, 3.05) is 0 Å². The van der Waals surface area contributed by atoms with Crippen LogP contribution in [0, 0.1) is 12.8 Å². The standard InChI is InChI=1S/C14H18O6S/c1-8-2-4-9(5-3-8)21(17,18)20-14-10-6-13(16)19-12(10)7-11(14)15/h2-5,10-16H,6-7H2,1H3. The molecule has 1 aliphatic heterocycles. The first kappa shape index (κ1) is 14.9. The summed E-state index contributed by atoms with van der Waals surface area (Å²) in [5.41, 5.74) is 0.947. The van der Waals surface area contributed by atoms with Gasteiger partial charge in [-0.2, -0.15) is 8.42 Å². The van der Waals surface area contributed by atoms with Gasteiger partial charge >= 0.3 is 0 Å². The highest BCUT2D eigenvalue weighted by atomic mass is 32.2. The molecule has 5 unspecified atom stereocenters. The molecular weight excluding hydrogens is 296 g/mol. The number of hydrogen-bond acceptors (Lipinski definition) is 6. The van der Waals surface area contributed by atoms with Crippen LogP contribution in [0.25, 0.3) is 0 Å². The van der Waals surface area contributed by atoms with E-state index in [4.69, 9.17) is 8.92 Å². The summed E-state index contributed by atoms with van der Waals surface area (Å²) in [5, 5.41) is 19.5. The third kappa shape index (κ3) is 2.84. The average molecular weight is 314 g/mol. The van der Waals surface area contributed by atoms with Crippen LogP contribution in [0.5, 0.6) is 0 Å². The number of fused-ring (bicyclic) bond motifs is 1. The van der Waals surface area contributed by atoms with Gasteiger partial charge in [-0.15, -0.1) is 0 Å². The highest BCUT2D eigenvalue weighted by molar-refractivity contribution is 7.86. The van der Waals surface area contributed by atoms with Crippen LogP contribution in [0.15, 0.2) is 29.2 Å². The number of aliphatic hydroxyl groups is 2. The zero-order valence-electron chi connectivity index (χ0n) is 11.5. The molecule has 1 heterocycles. The van der Waals surface area contributed by atoms with E-state index in [2.05, 4.69) is 0 Å². The average Bonchev–Trinajstić information content (AvgIpc) is 2.88. The van der Waals surface area contributed by atoms with Crippen molar-refractivity contribution in [2.24, 2.45) is 5.92 Å². The molecule has 0 amide bonds. The molecule has 116 valence electrons. The van der Waals surface area contributed by atoms with E-state index in [0.29, 0.717) is 0 Å². The summed E-state index contributed by atoms with van der Waals surface area (Å²) in [6.45, 7) is 1.86. The second-order valence-corrected chi connectivity index (χ2v) is 7.23. The van der Waals surface area contributed by atoms with Crippen molar-refractivity contribution in [3.05, 3.63) is 29.8 Å². The summed E-state index contributed by atoms with van der Waals surface area (Å²) in [6.07, 6.45) is -2.51. The van der Waals surface area contributed by atoms with Crippen molar-refractivity contribution in [1.29, 1.82) is 0 Å². The first-order valence-corrected chi connectivity index (χ1v) is 8.29. The Bertz CT molecular complexity index is 611. The quantitative estimate of drug-likeness (QED) is 0.792. The minimum atomic E-state index is -3.95. The van der Waals surface area contributed by atoms with Gasteiger partial charge in [0.15, 0.2) is 6.29 Å². The SMILES string of the molecule is Cc1ccc(S(=O)(=O)OC2C(O)CC3OC(O)CC32)cc1. The monoisotopic (exact) mass is 314 g/mol. The molecule has 2 aliphatic rings. The molecule has 6 nitrogen and oxygen atoms in total. The lowest BCUT2D eigenvalue weighted by atomic mass is 10.0. The predicted molar refractivity (Wildman–Crippen MR) is 72.8 cm³/mol. The molecule has 21 heavy (non-hydrogen) atoms. The first-order chi connectivity index (χ1) is 9.87. The lowest BCUT2D eigenvalue weighted by molar-refractivity contribution is -0.0955. The Labute approximate surface area is 123 Å². The van der Waals surface area contributed by atoms with Crippen LogP contribution in [0.1, 0.15) is 18.4 Å². The number of aliphatic hydroxyl groups excluding tert-OH is 2. The van der Waals surface area contributed by atoms with Gasteiger partial charge in [0.2, 0.25) is 0 Å². The van der Waals surface area contributed by atoms with E-state index in [9.17, 15) is 18.6 Å². The van der Waals surface area contributed by atoms with Crippen LogP contribution in [-0.4, -0.2) is 43.2 Å². The molecule has 0 spiro atoms. The number of hydrogen-bond donors (Lipinski definition) is 2. The Kier molecular flexibility index (Phi) is 3.79. The third-order valence-corrected chi connectivity index (χ3v) is 5.43. The van der Waals surface area contributed by atoms with Crippen LogP contribution >= 0.6 is 0 Å². The fourth-order valence-corrected chi connectivity index (χ4v) is 4.16. The smallest absolute Gasteiger partial charge is 0.297 e. The number of rotatable bonds is 3. The molecule has 1 saturated carbocycles. The summed E-state index contributed by atoms with van der Waals surface area (Å²) in [6, 6.07) is 6.33. The maximum atomic E-state index is 12.3. The van der Waals surface area contributed by atoms with E-state index in [0.717, 1.165) is 5.56 Å². The van der Waals surface area contributed by atoms with Crippen LogP contribution in [0.4, 0.5) is 0 Å². The largest absolute Gasteiger partial charge is 0.390 e. The lowest BCUT2D eigenvalue weighted by Gasteiger charge is -2.20. The van der Waals surface area contributed by atoms with Crippen LogP contribution in [0.2, 0.25) is 0 Å². The molecule has 1 aromatic carbocycles. The van der Waals surface area contributed by atoms with E-state index in [1.807, 2.05) is 6.92 Å². The molecule has 0 radical (unpaired) electrons. The van der Waals surface area contributed by atoms with Crippen molar-refractivity contribution in [1.82, 2.24) is 0 Å². The maximum absolute atomic E-state index is 12.3. The molecule has 3 rings (SSSR count). The van der Waals surface area contributed by atoms with Gasteiger partial charge in [0.25, 0.3) is 10.1 Å². The maximum Gasteiger partial charge on any atom is 0.297 e. The number of ether oxygens (including phenoxy) is 1. The summed E-state index contributed by atoms with van der Waals surface area (Å²) < 4.78 is 35.0. The molecule has 1 aromatic rings. The van der Waals surface area contributed by atoms with Gasteiger partial charge in [-0.25, -0.2) is 0 Å². The van der Waals surface area contributed by atoms with E-state index < -0.39 is 28.6 Å². The molecule has 2 fully saturated rings. The first-order valence-electron chi connectivity index (χ1n) is 6.88. The van der Waals surface area contributed by atoms with Crippen molar-refractivity contribution in [3.63, 3.8) is 0 Å². The molecule has 0 aromatic heterocycles. The Hall–Kier alpha value is -0.990. The second-order valence-electron chi connectivity index (χ2n) is 5.66. The summed E-state index contributed by atoms with van der Waals surface area (Å²) in [7, 11) is -3.95. The van der Waals surface area contributed by atoms with Gasteiger partial charge in [-0.05, 0) is 19.1 Å². The molecule has 5 atom stereocenters. The zero-order valence-corrected chi connectivity index (χ0v) is 12.4. The Morgan fingerprint density at radius 3 is 2.52 bits per heavy atom. The number of aryl methyl sites for hydroxylation is 1.